The van der Waals surface area contributed by atoms with Crippen molar-refractivity contribution >= 4 is 17.8 Å². The summed E-state index contributed by atoms with van der Waals surface area (Å²) in [5, 5.41) is 2.86. The lowest BCUT2D eigenvalue weighted by Gasteiger charge is -2.16. The zero-order valence-electron chi connectivity index (χ0n) is 11.8. The number of rotatable bonds is 5. The molecule has 2 rings (SSSR count). The third-order valence-electron chi connectivity index (χ3n) is 2.83. The first-order valence-corrected chi connectivity index (χ1v) is 6.34. The molecule has 19 heavy (non-hydrogen) atoms. The van der Waals surface area contributed by atoms with Crippen LogP contribution in [0.4, 0.5) is 11.9 Å². The second kappa shape index (κ2) is 5.38. The van der Waals surface area contributed by atoms with Gasteiger partial charge < -0.3 is 15.1 Å². The Bertz CT molecular complexity index is 443. The van der Waals surface area contributed by atoms with Gasteiger partial charge in [0.1, 0.15) is 0 Å². The summed E-state index contributed by atoms with van der Waals surface area (Å²) in [4.78, 5) is 28.2. The summed E-state index contributed by atoms with van der Waals surface area (Å²) in [6.07, 6.45) is 1.99. The van der Waals surface area contributed by atoms with E-state index in [1.54, 1.807) is 0 Å². The minimum atomic E-state index is 0.0956. The van der Waals surface area contributed by atoms with Gasteiger partial charge in [-0.3, -0.25) is 4.79 Å². The number of amides is 1. The molecule has 0 radical (unpaired) electrons. The summed E-state index contributed by atoms with van der Waals surface area (Å²) >= 11 is 0. The standard InChI is InChI=1S/C12H20N6O/c1-17(2)11-14-9(15-12(16-11)18(3)4)7-13-10(19)8-5-6-8/h8H,5-7H2,1-4H3,(H,13,19). The van der Waals surface area contributed by atoms with Gasteiger partial charge in [0.2, 0.25) is 17.8 Å². The van der Waals surface area contributed by atoms with Crippen molar-refractivity contribution < 1.29 is 4.79 Å². The Hall–Kier alpha value is -1.92. The fourth-order valence-electron chi connectivity index (χ4n) is 1.53. The molecule has 1 aliphatic rings. The number of aromatic nitrogens is 3. The van der Waals surface area contributed by atoms with Crippen molar-refractivity contribution in [2.75, 3.05) is 38.0 Å². The molecule has 0 aromatic carbocycles. The van der Waals surface area contributed by atoms with Crippen LogP contribution in [0.3, 0.4) is 0 Å². The second-order valence-corrected chi connectivity index (χ2v) is 5.13. The molecule has 0 unspecified atom stereocenters. The van der Waals surface area contributed by atoms with Crippen molar-refractivity contribution in [2.45, 2.75) is 19.4 Å². The van der Waals surface area contributed by atoms with E-state index in [1.807, 2.05) is 38.0 Å². The van der Waals surface area contributed by atoms with Crippen molar-refractivity contribution in [3.05, 3.63) is 5.82 Å². The highest BCUT2D eigenvalue weighted by Crippen LogP contribution is 2.28. The number of nitrogens with one attached hydrogen (secondary N) is 1. The molecule has 104 valence electrons. The first-order chi connectivity index (χ1) is 8.97. The maximum atomic E-state index is 11.6. The lowest BCUT2D eigenvalue weighted by Crippen LogP contribution is -2.27. The highest BCUT2D eigenvalue weighted by molar-refractivity contribution is 5.80. The molecule has 0 bridgehead atoms. The predicted octanol–water partition coefficient (Wildman–Crippen LogP) is 0.0298. The van der Waals surface area contributed by atoms with Gasteiger partial charge in [0.15, 0.2) is 5.82 Å². The summed E-state index contributed by atoms with van der Waals surface area (Å²) in [5.41, 5.74) is 0. The molecular weight excluding hydrogens is 244 g/mol. The van der Waals surface area contributed by atoms with Crippen LogP contribution < -0.4 is 15.1 Å². The van der Waals surface area contributed by atoms with Gasteiger partial charge in [0, 0.05) is 34.1 Å². The molecule has 1 saturated carbocycles. The molecule has 1 amide bonds. The van der Waals surface area contributed by atoms with Crippen molar-refractivity contribution in [1.29, 1.82) is 0 Å². The van der Waals surface area contributed by atoms with Crippen LogP contribution in [0.1, 0.15) is 18.7 Å². The third-order valence-corrected chi connectivity index (χ3v) is 2.83. The molecule has 0 aliphatic heterocycles. The molecular formula is C12H20N6O. The molecule has 1 aromatic heterocycles. The van der Waals surface area contributed by atoms with Crippen molar-refractivity contribution in [3.63, 3.8) is 0 Å². The first-order valence-electron chi connectivity index (χ1n) is 6.34. The monoisotopic (exact) mass is 264 g/mol. The van der Waals surface area contributed by atoms with E-state index in [9.17, 15) is 4.79 Å². The van der Waals surface area contributed by atoms with Gasteiger partial charge in [-0.2, -0.15) is 15.0 Å². The number of nitrogens with zero attached hydrogens (tertiary/aromatic N) is 5. The topological polar surface area (TPSA) is 74.2 Å². The smallest absolute Gasteiger partial charge is 0.229 e. The molecule has 1 heterocycles. The summed E-state index contributed by atoms with van der Waals surface area (Å²) in [7, 11) is 7.51. The van der Waals surface area contributed by atoms with Crippen LogP contribution in [0.15, 0.2) is 0 Å². The molecule has 0 spiro atoms. The van der Waals surface area contributed by atoms with Gasteiger partial charge in [-0.05, 0) is 12.8 Å². The average Bonchev–Trinajstić information content (AvgIpc) is 3.19. The van der Waals surface area contributed by atoms with Crippen molar-refractivity contribution in [1.82, 2.24) is 20.3 Å². The fraction of sp³-hybridized carbons (Fsp3) is 0.667. The van der Waals surface area contributed by atoms with Crippen LogP contribution in [0.25, 0.3) is 0 Å². The molecule has 7 heteroatoms. The molecule has 0 atom stereocenters. The van der Waals surface area contributed by atoms with E-state index in [0.717, 1.165) is 12.8 Å². The normalized spacial score (nSPS) is 14.1. The minimum absolute atomic E-state index is 0.0956. The Labute approximate surface area is 113 Å². The lowest BCUT2D eigenvalue weighted by atomic mass is 10.4. The molecule has 1 N–H and O–H groups in total. The van der Waals surface area contributed by atoms with Crippen LogP contribution in [0.5, 0.6) is 0 Å². The Balaban J connectivity index is 2.11. The number of anilines is 2. The minimum Gasteiger partial charge on any atom is -0.349 e. The van der Waals surface area contributed by atoms with Gasteiger partial charge in [0.05, 0.1) is 6.54 Å². The van der Waals surface area contributed by atoms with E-state index < -0.39 is 0 Å². The zero-order valence-corrected chi connectivity index (χ0v) is 11.8. The van der Waals surface area contributed by atoms with Crippen molar-refractivity contribution in [2.24, 2.45) is 5.92 Å². The third kappa shape index (κ3) is 3.52. The van der Waals surface area contributed by atoms with E-state index >= 15 is 0 Å². The quantitative estimate of drug-likeness (QED) is 0.809. The average molecular weight is 264 g/mol. The predicted molar refractivity (Wildman–Crippen MR) is 73.1 cm³/mol. The van der Waals surface area contributed by atoms with E-state index in [4.69, 9.17) is 0 Å². The first kappa shape index (κ1) is 13.5. The summed E-state index contributed by atoms with van der Waals surface area (Å²) < 4.78 is 0. The van der Waals surface area contributed by atoms with Crippen molar-refractivity contribution in [3.8, 4) is 0 Å². The molecule has 7 nitrogen and oxygen atoms in total. The Morgan fingerprint density at radius 2 is 1.63 bits per heavy atom. The maximum absolute atomic E-state index is 11.6. The van der Waals surface area contributed by atoms with E-state index in [0.29, 0.717) is 24.3 Å². The summed E-state index contributed by atoms with van der Waals surface area (Å²) in [6, 6.07) is 0. The fourth-order valence-corrected chi connectivity index (χ4v) is 1.53. The van der Waals surface area contributed by atoms with Gasteiger partial charge in [-0.15, -0.1) is 0 Å². The lowest BCUT2D eigenvalue weighted by molar-refractivity contribution is -0.122. The van der Waals surface area contributed by atoms with E-state index in [1.165, 1.54) is 0 Å². The Morgan fingerprint density at radius 1 is 1.11 bits per heavy atom. The molecule has 1 fully saturated rings. The SMILES string of the molecule is CN(C)c1nc(CNC(=O)C2CC2)nc(N(C)C)n1. The second-order valence-electron chi connectivity index (χ2n) is 5.13. The highest BCUT2D eigenvalue weighted by atomic mass is 16.2. The Kier molecular flexibility index (Phi) is 3.82. The van der Waals surface area contributed by atoms with Crippen LogP contribution in [0, 0.1) is 5.92 Å². The number of carbonyl (C=O) groups excluding carboxylic acids is 1. The van der Waals surface area contributed by atoms with Gasteiger partial charge in [-0.1, -0.05) is 0 Å². The maximum Gasteiger partial charge on any atom is 0.229 e. The zero-order chi connectivity index (χ0) is 14.0. The number of hydrogen-bond donors (Lipinski definition) is 1. The molecule has 1 aliphatic carbocycles. The number of carbonyl (C=O) groups is 1. The largest absolute Gasteiger partial charge is 0.349 e. The summed E-state index contributed by atoms with van der Waals surface area (Å²) in [5.74, 6) is 2.06. The van der Waals surface area contributed by atoms with Gasteiger partial charge >= 0.3 is 0 Å². The van der Waals surface area contributed by atoms with Crippen LogP contribution in [0.2, 0.25) is 0 Å². The Morgan fingerprint density at radius 3 is 2.05 bits per heavy atom. The van der Waals surface area contributed by atoms with E-state index in [-0.39, 0.29) is 11.8 Å². The summed E-state index contributed by atoms with van der Waals surface area (Å²) in [6.45, 7) is 0.347. The van der Waals surface area contributed by atoms with Crippen LogP contribution in [-0.2, 0) is 11.3 Å². The molecule has 1 aromatic rings. The van der Waals surface area contributed by atoms with Gasteiger partial charge in [-0.25, -0.2) is 0 Å². The molecule has 0 saturated heterocycles. The highest BCUT2D eigenvalue weighted by Gasteiger charge is 2.29. The van der Waals surface area contributed by atoms with Crippen LogP contribution >= 0.6 is 0 Å². The number of hydrogen-bond acceptors (Lipinski definition) is 6. The van der Waals surface area contributed by atoms with E-state index in [2.05, 4.69) is 20.3 Å². The van der Waals surface area contributed by atoms with Crippen LogP contribution in [-0.4, -0.2) is 49.0 Å². The van der Waals surface area contributed by atoms with Gasteiger partial charge in [0.25, 0.3) is 0 Å².